The van der Waals surface area contributed by atoms with Crippen molar-refractivity contribution in [1.82, 2.24) is 20.1 Å². The molecular weight excluding hydrogens is 577 g/mol. The van der Waals surface area contributed by atoms with Crippen molar-refractivity contribution in [2.75, 3.05) is 23.7 Å². The Morgan fingerprint density at radius 2 is 1.81 bits per heavy atom. The van der Waals surface area contributed by atoms with Crippen LogP contribution in [0, 0.1) is 0 Å². The summed E-state index contributed by atoms with van der Waals surface area (Å²) >= 11 is 1.60. The Kier molecular flexibility index (Phi) is 9.65. The van der Waals surface area contributed by atoms with E-state index in [0.29, 0.717) is 18.1 Å². The van der Waals surface area contributed by atoms with Gasteiger partial charge in [-0.3, -0.25) is 0 Å². The number of alkyl halides is 3. The van der Waals surface area contributed by atoms with Crippen molar-refractivity contribution in [3.63, 3.8) is 0 Å². The molecule has 0 saturated carbocycles. The Morgan fingerprint density at radius 3 is 2.56 bits per heavy atom. The standard InChI is InChI=1S/C31H31F3N6O2S/c1-2-23-8-3-4-9-27(23)39-19-20-43-30(39)37-29(41)35-18-6-5-7-22-10-12-24(13-11-22)28-36-21-40(38-28)25-14-16-26(17-15-25)42-31(32,33)34/h3-4,8-17,21H,2,5-7,18-20H2,1H3,(H,35,41)/b37-30-. The number of unbranched alkanes of at least 4 members (excludes halogenated alkanes) is 1. The summed E-state index contributed by atoms with van der Waals surface area (Å²) in [7, 11) is 0. The lowest BCUT2D eigenvalue weighted by atomic mass is 10.1. The van der Waals surface area contributed by atoms with Crippen LogP contribution in [-0.4, -0.2) is 51.2 Å². The third-order valence-corrected chi connectivity index (χ3v) is 7.80. The number of amidine groups is 1. The lowest BCUT2D eigenvalue weighted by Crippen LogP contribution is -2.28. The Morgan fingerprint density at radius 1 is 1.05 bits per heavy atom. The van der Waals surface area contributed by atoms with Gasteiger partial charge in [-0.05, 0) is 67.1 Å². The van der Waals surface area contributed by atoms with Gasteiger partial charge in [-0.15, -0.1) is 18.3 Å². The normalized spacial score (nSPS) is 14.3. The first-order chi connectivity index (χ1) is 20.8. The van der Waals surface area contributed by atoms with Crippen molar-refractivity contribution in [3.05, 3.63) is 90.3 Å². The Hall–Kier alpha value is -4.32. The molecule has 1 saturated heterocycles. The molecule has 0 spiro atoms. The quantitative estimate of drug-likeness (QED) is 0.195. The Balaban J connectivity index is 1.07. The van der Waals surface area contributed by atoms with Gasteiger partial charge in [0.1, 0.15) is 12.1 Å². The SMILES string of the molecule is CCc1ccccc1N1CCS/C1=N\C(=O)NCCCCc1ccc(-c2ncn(-c3ccc(OC(F)(F)F)cc3)n2)cc1. The fourth-order valence-electron chi connectivity index (χ4n) is 4.71. The second-order valence-corrected chi connectivity index (χ2v) is 10.9. The van der Waals surface area contributed by atoms with E-state index < -0.39 is 6.36 Å². The number of aromatic nitrogens is 3. The highest BCUT2D eigenvalue weighted by atomic mass is 32.2. The number of ether oxygens (including phenoxy) is 1. The van der Waals surface area contributed by atoms with Gasteiger partial charge in [0.2, 0.25) is 0 Å². The van der Waals surface area contributed by atoms with Crippen LogP contribution in [0.1, 0.15) is 30.9 Å². The number of hydrogen-bond acceptors (Lipinski definition) is 5. The van der Waals surface area contributed by atoms with Crippen molar-refractivity contribution in [3.8, 4) is 22.8 Å². The fraction of sp³-hybridized carbons (Fsp3) is 0.290. The first-order valence-corrected chi connectivity index (χ1v) is 15.0. The van der Waals surface area contributed by atoms with Crippen molar-refractivity contribution in [2.24, 2.45) is 4.99 Å². The molecule has 4 aromatic rings. The van der Waals surface area contributed by atoms with Gasteiger partial charge in [0.15, 0.2) is 11.0 Å². The zero-order chi connectivity index (χ0) is 30.2. The molecule has 12 heteroatoms. The summed E-state index contributed by atoms with van der Waals surface area (Å²) in [6, 6.07) is 21.3. The molecule has 1 aromatic heterocycles. The zero-order valence-electron chi connectivity index (χ0n) is 23.6. The molecule has 8 nitrogen and oxygen atoms in total. The van der Waals surface area contributed by atoms with E-state index in [1.807, 2.05) is 36.4 Å². The molecule has 3 aromatic carbocycles. The molecule has 0 radical (unpaired) electrons. The molecule has 43 heavy (non-hydrogen) atoms. The van der Waals surface area contributed by atoms with Crippen molar-refractivity contribution >= 4 is 28.6 Å². The van der Waals surface area contributed by atoms with E-state index in [0.717, 1.165) is 60.0 Å². The highest BCUT2D eigenvalue weighted by Gasteiger charge is 2.31. The van der Waals surface area contributed by atoms with E-state index in [-0.39, 0.29) is 11.8 Å². The molecule has 1 aliphatic rings. The predicted molar refractivity (Wildman–Crippen MR) is 163 cm³/mol. The number of aryl methyl sites for hydroxylation is 2. The lowest BCUT2D eigenvalue weighted by Gasteiger charge is -2.20. The van der Waals surface area contributed by atoms with Gasteiger partial charge in [-0.1, -0.05) is 61.2 Å². The average Bonchev–Trinajstić information content (AvgIpc) is 3.67. The summed E-state index contributed by atoms with van der Waals surface area (Å²) in [4.78, 5) is 23.3. The number of para-hydroxylation sites is 1. The molecule has 0 atom stereocenters. The number of rotatable bonds is 10. The van der Waals surface area contributed by atoms with Crippen LogP contribution in [0.25, 0.3) is 17.1 Å². The minimum Gasteiger partial charge on any atom is -0.406 e. The largest absolute Gasteiger partial charge is 0.573 e. The number of thioether (sulfide) groups is 1. The van der Waals surface area contributed by atoms with Crippen molar-refractivity contribution < 1.29 is 22.7 Å². The third kappa shape index (κ3) is 8.16. The second kappa shape index (κ2) is 13.8. The number of anilines is 1. The minimum atomic E-state index is -4.74. The molecule has 5 rings (SSSR count). The van der Waals surface area contributed by atoms with Crippen LogP contribution >= 0.6 is 11.8 Å². The van der Waals surface area contributed by atoms with Gasteiger partial charge in [-0.2, -0.15) is 4.99 Å². The van der Waals surface area contributed by atoms with Crippen LogP contribution in [0.2, 0.25) is 0 Å². The maximum atomic E-state index is 12.5. The topological polar surface area (TPSA) is 84.6 Å². The molecule has 1 N–H and O–H groups in total. The van der Waals surface area contributed by atoms with Crippen LogP contribution in [0.3, 0.4) is 0 Å². The summed E-state index contributed by atoms with van der Waals surface area (Å²) < 4.78 is 42.5. The molecule has 224 valence electrons. The average molecular weight is 609 g/mol. The number of carbonyl (C=O) groups is 1. The lowest BCUT2D eigenvalue weighted by molar-refractivity contribution is -0.274. The first-order valence-electron chi connectivity index (χ1n) is 14.0. The summed E-state index contributed by atoms with van der Waals surface area (Å²) in [6.45, 7) is 3.51. The van der Waals surface area contributed by atoms with Gasteiger partial charge in [0.25, 0.3) is 0 Å². The van der Waals surface area contributed by atoms with Crippen molar-refractivity contribution in [1.29, 1.82) is 0 Å². The second-order valence-electron chi connectivity index (χ2n) is 9.82. The van der Waals surface area contributed by atoms with Gasteiger partial charge in [0, 0.05) is 30.1 Å². The smallest absolute Gasteiger partial charge is 0.406 e. The molecule has 2 heterocycles. The van der Waals surface area contributed by atoms with Gasteiger partial charge >= 0.3 is 12.4 Å². The minimum absolute atomic E-state index is 0.299. The number of nitrogens with one attached hydrogen (secondary N) is 1. The maximum Gasteiger partial charge on any atom is 0.573 e. The number of carbonyl (C=O) groups excluding carboxylic acids is 1. The van der Waals surface area contributed by atoms with Crippen LogP contribution in [0.4, 0.5) is 23.7 Å². The van der Waals surface area contributed by atoms with E-state index in [1.54, 1.807) is 11.8 Å². The van der Waals surface area contributed by atoms with E-state index >= 15 is 0 Å². The molecule has 0 unspecified atom stereocenters. The third-order valence-electron chi connectivity index (χ3n) is 6.84. The van der Waals surface area contributed by atoms with Crippen LogP contribution in [0.15, 0.2) is 84.1 Å². The summed E-state index contributed by atoms with van der Waals surface area (Å²) in [5.41, 5.74) is 4.90. The van der Waals surface area contributed by atoms with Gasteiger partial charge in [0.05, 0.1) is 5.69 Å². The van der Waals surface area contributed by atoms with E-state index in [2.05, 4.69) is 49.1 Å². The number of nitrogens with zero attached hydrogens (tertiary/aromatic N) is 5. The molecule has 1 fully saturated rings. The number of halogens is 3. The number of urea groups is 1. The highest BCUT2D eigenvalue weighted by molar-refractivity contribution is 8.14. The molecule has 0 bridgehead atoms. The van der Waals surface area contributed by atoms with E-state index in [4.69, 9.17) is 0 Å². The Bertz CT molecular complexity index is 1550. The van der Waals surface area contributed by atoms with Crippen molar-refractivity contribution in [2.45, 2.75) is 39.0 Å². The zero-order valence-corrected chi connectivity index (χ0v) is 24.4. The molecular formula is C31H31F3N6O2S. The fourth-order valence-corrected chi connectivity index (χ4v) is 5.66. The van der Waals surface area contributed by atoms with Crippen LogP contribution in [-0.2, 0) is 12.8 Å². The number of amides is 2. The highest BCUT2D eigenvalue weighted by Crippen LogP contribution is 2.29. The van der Waals surface area contributed by atoms with Gasteiger partial charge < -0.3 is 15.0 Å². The first kappa shape index (κ1) is 30.1. The monoisotopic (exact) mass is 608 g/mol. The molecule has 2 amide bonds. The summed E-state index contributed by atoms with van der Waals surface area (Å²) in [5.74, 6) is 1.11. The van der Waals surface area contributed by atoms with Crippen LogP contribution in [0.5, 0.6) is 5.75 Å². The number of aliphatic imine (C=N–C) groups is 1. The van der Waals surface area contributed by atoms with Crippen LogP contribution < -0.4 is 15.0 Å². The summed E-state index contributed by atoms with van der Waals surface area (Å²) in [6.07, 6.45) is 0.282. The molecule has 1 aliphatic heterocycles. The summed E-state index contributed by atoms with van der Waals surface area (Å²) in [5, 5.41) is 8.10. The molecule has 0 aliphatic carbocycles. The predicted octanol–water partition coefficient (Wildman–Crippen LogP) is 7.04. The Labute approximate surface area is 252 Å². The van der Waals surface area contributed by atoms with E-state index in [1.165, 1.54) is 40.8 Å². The van der Waals surface area contributed by atoms with E-state index in [9.17, 15) is 18.0 Å². The maximum absolute atomic E-state index is 12.5. The van der Waals surface area contributed by atoms with Gasteiger partial charge in [-0.25, -0.2) is 14.5 Å². The number of hydrogen-bond donors (Lipinski definition) is 1. The number of benzene rings is 3.